The highest BCUT2D eigenvalue weighted by Gasteiger charge is 2.18. The fourth-order valence-electron chi connectivity index (χ4n) is 1.62. The van der Waals surface area contributed by atoms with Crippen molar-refractivity contribution >= 4 is 21.5 Å². The minimum absolute atomic E-state index is 0.0930. The standard InChI is InChI=1S/C13H13F2N3O2S/c1-8-5-11(15)12(6-10(8)14)18-21(19,20)9-3-4-13(16-2)17-7-9/h3-7,18H,1-2H3,(H,16,17). The van der Waals surface area contributed by atoms with Crippen molar-refractivity contribution in [3.8, 4) is 0 Å². The van der Waals surface area contributed by atoms with Gasteiger partial charge in [-0.3, -0.25) is 4.72 Å². The first-order valence-electron chi connectivity index (χ1n) is 5.96. The van der Waals surface area contributed by atoms with Gasteiger partial charge in [0.1, 0.15) is 22.3 Å². The Bertz CT molecular complexity index is 762. The summed E-state index contributed by atoms with van der Waals surface area (Å²) in [5.41, 5.74) is -0.355. The van der Waals surface area contributed by atoms with E-state index in [-0.39, 0.29) is 10.5 Å². The number of rotatable bonds is 4. The molecule has 0 saturated heterocycles. The zero-order valence-electron chi connectivity index (χ0n) is 11.3. The van der Waals surface area contributed by atoms with Crippen LogP contribution in [0.4, 0.5) is 20.3 Å². The van der Waals surface area contributed by atoms with Crippen molar-refractivity contribution in [3.05, 3.63) is 47.7 Å². The highest BCUT2D eigenvalue weighted by Crippen LogP contribution is 2.22. The number of halogens is 2. The lowest BCUT2D eigenvalue weighted by atomic mass is 10.2. The first-order valence-corrected chi connectivity index (χ1v) is 7.44. The first-order chi connectivity index (χ1) is 9.83. The third kappa shape index (κ3) is 3.27. The van der Waals surface area contributed by atoms with Gasteiger partial charge >= 0.3 is 0 Å². The molecule has 2 rings (SSSR count). The van der Waals surface area contributed by atoms with Crippen LogP contribution in [0.25, 0.3) is 0 Å². The topological polar surface area (TPSA) is 71.1 Å². The summed E-state index contributed by atoms with van der Waals surface area (Å²) in [6.07, 6.45) is 1.12. The Kier molecular flexibility index (Phi) is 4.08. The predicted molar refractivity (Wildman–Crippen MR) is 75.7 cm³/mol. The summed E-state index contributed by atoms with van der Waals surface area (Å²) < 4.78 is 53.3. The minimum atomic E-state index is -4.04. The first kappa shape index (κ1) is 15.2. The Morgan fingerprint density at radius 3 is 2.43 bits per heavy atom. The van der Waals surface area contributed by atoms with E-state index < -0.39 is 27.3 Å². The number of hydrogen-bond donors (Lipinski definition) is 2. The van der Waals surface area contributed by atoms with Gasteiger partial charge in [0.2, 0.25) is 0 Å². The van der Waals surface area contributed by atoms with E-state index in [1.807, 2.05) is 4.72 Å². The van der Waals surface area contributed by atoms with Gasteiger partial charge in [-0.15, -0.1) is 0 Å². The van der Waals surface area contributed by atoms with Gasteiger partial charge in [-0.2, -0.15) is 0 Å². The van der Waals surface area contributed by atoms with Crippen LogP contribution in [-0.4, -0.2) is 20.4 Å². The van der Waals surface area contributed by atoms with Crippen LogP contribution in [0.5, 0.6) is 0 Å². The zero-order chi connectivity index (χ0) is 15.6. The third-order valence-electron chi connectivity index (χ3n) is 2.80. The Hall–Kier alpha value is -2.22. The highest BCUT2D eigenvalue weighted by atomic mass is 32.2. The van der Waals surface area contributed by atoms with Crippen LogP contribution >= 0.6 is 0 Å². The van der Waals surface area contributed by atoms with E-state index in [4.69, 9.17) is 0 Å². The summed E-state index contributed by atoms with van der Waals surface area (Å²) in [5.74, 6) is -1.06. The number of anilines is 2. The van der Waals surface area contributed by atoms with Crippen molar-refractivity contribution < 1.29 is 17.2 Å². The van der Waals surface area contributed by atoms with Crippen molar-refractivity contribution in [1.82, 2.24) is 4.98 Å². The number of benzene rings is 1. The molecule has 1 aromatic carbocycles. The molecule has 2 N–H and O–H groups in total. The Morgan fingerprint density at radius 2 is 1.86 bits per heavy atom. The number of aromatic nitrogens is 1. The summed E-state index contributed by atoms with van der Waals surface area (Å²) in [5, 5.41) is 2.74. The summed E-state index contributed by atoms with van der Waals surface area (Å²) in [7, 11) is -2.40. The van der Waals surface area contributed by atoms with Crippen LogP contribution in [0.15, 0.2) is 35.4 Å². The fraction of sp³-hybridized carbons (Fsp3) is 0.154. The number of nitrogens with one attached hydrogen (secondary N) is 2. The van der Waals surface area contributed by atoms with Crippen molar-refractivity contribution in [2.24, 2.45) is 0 Å². The maximum absolute atomic E-state index is 13.7. The molecular formula is C13H13F2N3O2S. The van der Waals surface area contributed by atoms with Crippen LogP contribution in [0.3, 0.4) is 0 Å². The second-order valence-corrected chi connectivity index (χ2v) is 6.00. The number of aryl methyl sites for hydroxylation is 1. The molecule has 0 aliphatic rings. The van der Waals surface area contributed by atoms with Crippen LogP contribution in [-0.2, 0) is 10.0 Å². The van der Waals surface area contributed by atoms with Crippen LogP contribution in [0.2, 0.25) is 0 Å². The summed E-state index contributed by atoms with van der Waals surface area (Å²) in [4.78, 5) is 3.71. The number of sulfonamides is 1. The van der Waals surface area contributed by atoms with Crippen LogP contribution < -0.4 is 10.0 Å². The fourth-order valence-corrected chi connectivity index (χ4v) is 2.62. The van der Waals surface area contributed by atoms with E-state index in [0.29, 0.717) is 5.82 Å². The lowest BCUT2D eigenvalue weighted by Gasteiger charge is -2.10. The van der Waals surface area contributed by atoms with E-state index >= 15 is 0 Å². The van der Waals surface area contributed by atoms with Crippen molar-refractivity contribution in [2.45, 2.75) is 11.8 Å². The summed E-state index contributed by atoms with van der Waals surface area (Å²) in [6, 6.07) is 4.50. The van der Waals surface area contributed by atoms with Gasteiger partial charge in [0.25, 0.3) is 10.0 Å². The quantitative estimate of drug-likeness (QED) is 0.910. The van der Waals surface area contributed by atoms with Crippen LogP contribution in [0.1, 0.15) is 5.56 Å². The maximum atomic E-state index is 13.7. The largest absolute Gasteiger partial charge is 0.373 e. The van der Waals surface area contributed by atoms with E-state index in [2.05, 4.69) is 10.3 Å². The smallest absolute Gasteiger partial charge is 0.263 e. The molecule has 1 heterocycles. The highest BCUT2D eigenvalue weighted by molar-refractivity contribution is 7.92. The molecular weight excluding hydrogens is 300 g/mol. The van der Waals surface area contributed by atoms with Gasteiger partial charge < -0.3 is 5.32 Å². The molecule has 0 bridgehead atoms. The Morgan fingerprint density at radius 1 is 1.14 bits per heavy atom. The average Bonchev–Trinajstić information content (AvgIpc) is 2.44. The van der Waals surface area contributed by atoms with Crippen molar-refractivity contribution in [3.63, 3.8) is 0 Å². The van der Waals surface area contributed by atoms with Gasteiger partial charge in [0.15, 0.2) is 0 Å². The molecule has 0 aliphatic carbocycles. The number of pyridine rings is 1. The van der Waals surface area contributed by atoms with E-state index in [1.165, 1.54) is 19.1 Å². The molecule has 0 saturated carbocycles. The third-order valence-corrected chi connectivity index (χ3v) is 4.15. The molecule has 0 atom stereocenters. The molecule has 0 unspecified atom stereocenters. The molecule has 0 spiro atoms. The molecule has 1 aromatic heterocycles. The predicted octanol–water partition coefficient (Wildman–Crippen LogP) is 2.51. The zero-order valence-corrected chi connectivity index (χ0v) is 12.1. The minimum Gasteiger partial charge on any atom is -0.373 e. The Labute approximate surface area is 121 Å². The monoisotopic (exact) mass is 313 g/mol. The molecule has 8 heteroatoms. The average molecular weight is 313 g/mol. The van der Waals surface area contributed by atoms with Crippen molar-refractivity contribution in [2.75, 3.05) is 17.1 Å². The SMILES string of the molecule is CNc1ccc(S(=O)(=O)Nc2cc(F)c(C)cc2F)cn1. The second kappa shape index (κ2) is 5.65. The molecule has 0 fully saturated rings. The van der Waals surface area contributed by atoms with E-state index in [9.17, 15) is 17.2 Å². The van der Waals surface area contributed by atoms with Gasteiger partial charge in [0.05, 0.1) is 5.69 Å². The molecule has 2 aromatic rings. The Balaban J connectivity index is 2.34. The molecule has 0 aliphatic heterocycles. The number of hydrogen-bond acceptors (Lipinski definition) is 4. The van der Waals surface area contributed by atoms with Crippen molar-refractivity contribution in [1.29, 1.82) is 0 Å². The molecule has 0 radical (unpaired) electrons. The lowest BCUT2D eigenvalue weighted by Crippen LogP contribution is -2.14. The van der Waals surface area contributed by atoms with E-state index in [0.717, 1.165) is 18.3 Å². The molecule has 0 amide bonds. The lowest BCUT2D eigenvalue weighted by molar-refractivity contribution is 0.590. The van der Waals surface area contributed by atoms with Gasteiger partial charge in [-0.25, -0.2) is 22.2 Å². The summed E-state index contributed by atoms with van der Waals surface area (Å²) in [6.45, 7) is 1.39. The molecule has 21 heavy (non-hydrogen) atoms. The van der Waals surface area contributed by atoms with Gasteiger partial charge in [-0.05, 0) is 30.7 Å². The van der Waals surface area contributed by atoms with Gasteiger partial charge in [0, 0.05) is 19.3 Å². The number of nitrogens with zero attached hydrogens (tertiary/aromatic N) is 1. The van der Waals surface area contributed by atoms with E-state index in [1.54, 1.807) is 7.05 Å². The van der Waals surface area contributed by atoms with Crippen LogP contribution in [0, 0.1) is 18.6 Å². The normalized spacial score (nSPS) is 11.2. The second-order valence-electron chi connectivity index (χ2n) is 4.32. The maximum Gasteiger partial charge on any atom is 0.263 e. The van der Waals surface area contributed by atoms with Gasteiger partial charge in [-0.1, -0.05) is 0 Å². The molecule has 112 valence electrons. The molecule has 5 nitrogen and oxygen atoms in total. The summed E-state index contributed by atoms with van der Waals surface area (Å²) >= 11 is 0.